The lowest BCUT2D eigenvalue weighted by Crippen LogP contribution is -2.52. The van der Waals surface area contributed by atoms with Gasteiger partial charge in [0.05, 0.1) is 16.8 Å². The van der Waals surface area contributed by atoms with Gasteiger partial charge in [0, 0.05) is 37.7 Å². The Hall–Kier alpha value is -3.05. The van der Waals surface area contributed by atoms with Crippen molar-refractivity contribution < 1.29 is 18.7 Å². The van der Waals surface area contributed by atoms with Gasteiger partial charge in [0.2, 0.25) is 5.43 Å². The van der Waals surface area contributed by atoms with Crippen molar-refractivity contribution >= 4 is 27.8 Å². The van der Waals surface area contributed by atoms with Crippen LogP contribution in [0.1, 0.15) is 48.3 Å². The highest BCUT2D eigenvalue weighted by molar-refractivity contribution is 8.26. The highest BCUT2D eigenvalue weighted by Crippen LogP contribution is 2.49. The number of nitrogens with one attached hydrogen (secondary N) is 3. The number of aromatic nitrogens is 1. The maximum absolute atomic E-state index is 13.9. The normalized spacial score (nSPS) is 14.9. The predicted octanol–water partition coefficient (Wildman–Crippen LogP) is 3.46. The van der Waals surface area contributed by atoms with Gasteiger partial charge in [-0.25, -0.2) is 8.78 Å². The van der Waals surface area contributed by atoms with Crippen molar-refractivity contribution in [3.63, 3.8) is 0 Å². The van der Waals surface area contributed by atoms with Gasteiger partial charge >= 0.3 is 0 Å². The summed E-state index contributed by atoms with van der Waals surface area (Å²) in [7, 11) is 3.26. The van der Waals surface area contributed by atoms with E-state index >= 15 is 0 Å². The average Bonchev–Trinajstić information content (AvgIpc) is 3.54. The summed E-state index contributed by atoms with van der Waals surface area (Å²) in [6.45, 7) is 4.24. The molecule has 1 aromatic heterocycles. The first-order valence-corrected chi connectivity index (χ1v) is 11.9. The van der Waals surface area contributed by atoms with Gasteiger partial charge in [-0.3, -0.25) is 25.7 Å². The van der Waals surface area contributed by atoms with Gasteiger partial charge < -0.3 is 14.6 Å². The molecule has 1 atom stereocenters. The van der Waals surface area contributed by atoms with Crippen LogP contribution >= 0.6 is 11.8 Å². The summed E-state index contributed by atoms with van der Waals surface area (Å²) in [4.78, 5) is 27.9. The molecule has 1 saturated carbocycles. The fourth-order valence-electron chi connectivity index (χ4n) is 4.12. The van der Waals surface area contributed by atoms with Gasteiger partial charge in [-0.15, -0.1) is 0 Å². The molecular formula is C24H29F2N5O3S. The topological polar surface area (TPSA) is 122 Å². The third-order valence-corrected chi connectivity index (χ3v) is 7.10. The Morgan fingerprint density at radius 2 is 2.00 bits per heavy atom. The lowest BCUT2D eigenvalue weighted by atomic mass is 10.0. The van der Waals surface area contributed by atoms with Gasteiger partial charge in [0.1, 0.15) is 16.7 Å². The zero-order chi connectivity index (χ0) is 26.1. The standard InChI is InChI=1S/C24H29F2N5O3S/c1-5-31(23(29-3)24(2)8-9-24)22(34)18-20(33)19(32)15(12-30(18)4)21(28)35-17(27)10-13-6-7-14(25)11-16(13)26/h6-7,11-12,23,27-29,33H,5,8-10H2,1-4H3. The molecule has 0 saturated heterocycles. The zero-order valence-corrected chi connectivity index (χ0v) is 20.9. The molecule has 1 unspecified atom stereocenters. The van der Waals surface area contributed by atoms with Gasteiger partial charge in [0.15, 0.2) is 11.4 Å². The maximum atomic E-state index is 13.9. The van der Waals surface area contributed by atoms with Gasteiger partial charge in [-0.1, -0.05) is 24.8 Å². The molecule has 35 heavy (non-hydrogen) atoms. The molecule has 1 amide bonds. The van der Waals surface area contributed by atoms with Crippen molar-refractivity contribution in [1.82, 2.24) is 14.8 Å². The quantitative estimate of drug-likeness (QED) is 0.249. The SMILES string of the molecule is CCN(C(=O)c1c(O)c(=O)c(C(=N)SC(=N)Cc2ccc(F)cc2F)cn1C)C(NC)C1(C)CC1. The van der Waals surface area contributed by atoms with Crippen molar-refractivity contribution in [2.75, 3.05) is 13.6 Å². The van der Waals surface area contributed by atoms with Gasteiger partial charge in [-0.05, 0) is 38.4 Å². The largest absolute Gasteiger partial charge is 0.503 e. The van der Waals surface area contributed by atoms with E-state index < -0.39 is 28.7 Å². The van der Waals surface area contributed by atoms with Crippen molar-refractivity contribution in [3.05, 3.63) is 63.1 Å². The third kappa shape index (κ3) is 5.46. The molecule has 0 radical (unpaired) electrons. The lowest BCUT2D eigenvalue weighted by Gasteiger charge is -2.35. The van der Waals surface area contributed by atoms with Crippen LogP contribution in [0.4, 0.5) is 8.78 Å². The van der Waals surface area contributed by atoms with Crippen LogP contribution in [-0.2, 0) is 13.5 Å². The number of carbonyl (C=O) groups is 1. The molecule has 1 aliphatic carbocycles. The minimum absolute atomic E-state index is 0.0801. The Kier molecular flexibility index (Phi) is 7.80. The first-order valence-electron chi connectivity index (χ1n) is 11.1. The van der Waals surface area contributed by atoms with Crippen molar-refractivity contribution in [1.29, 1.82) is 10.8 Å². The number of aryl methyl sites for hydroxylation is 1. The lowest BCUT2D eigenvalue weighted by molar-refractivity contribution is 0.0548. The van der Waals surface area contributed by atoms with E-state index in [9.17, 15) is 23.5 Å². The van der Waals surface area contributed by atoms with E-state index in [1.54, 1.807) is 11.9 Å². The number of hydrogen-bond donors (Lipinski definition) is 4. The van der Waals surface area contributed by atoms with E-state index in [2.05, 4.69) is 12.2 Å². The van der Waals surface area contributed by atoms with Gasteiger partial charge in [0.25, 0.3) is 5.91 Å². The molecule has 2 aromatic rings. The molecule has 188 valence electrons. The van der Waals surface area contributed by atoms with E-state index in [1.807, 2.05) is 6.92 Å². The Labute approximate surface area is 206 Å². The minimum atomic E-state index is -0.903. The Balaban J connectivity index is 1.84. The van der Waals surface area contributed by atoms with Crippen LogP contribution in [0.2, 0.25) is 0 Å². The van der Waals surface area contributed by atoms with Crippen LogP contribution in [0, 0.1) is 27.9 Å². The molecule has 0 spiro atoms. The van der Waals surface area contributed by atoms with E-state index in [0.717, 1.165) is 18.9 Å². The van der Waals surface area contributed by atoms with Crippen LogP contribution in [0.3, 0.4) is 0 Å². The summed E-state index contributed by atoms with van der Waals surface area (Å²) in [6, 6.07) is 3.01. The Bertz CT molecular complexity index is 1240. The summed E-state index contributed by atoms with van der Waals surface area (Å²) in [5.74, 6) is -2.83. The minimum Gasteiger partial charge on any atom is -0.503 e. The van der Waals surface area contributed by atoms with E-state index in [1.165, 1.54) is 23.9 Å². The number of hydrogen-bond acceptors (Lipinski definition) is 7. The molecule has 8 nitrogen and oxygen atoms in total. The number of pyridine rings is 1. The first kappa shape index (κ1) is 26.6. The highest BCUT2D eigenvalue weighted by Gasteiger charge is 2.48. The number of aromatic hydroxyl groups is 1. The molecule has 3 rings (SSSR count). The molecule has 1 heterocycles. The smallest absolute Gasteiger partial charge is 0.275 e. The number of halogens is 2. The number of thioether (sulfide) groups is 1. The van der Waals surface area contributed by atoms with Crippen molar-refractivity contribution in [3.8, 4) is 5.75 Å². The zero-order valence-electron chi connectivity index (χ0n) is 20.0. The Morgan fingerprint density at radius 3 is 2.54 bits per heavy atom. The second-order valence-corrected chi connectivity index (χ2v) is 9.99. The van der Waals surface area contributed by atoms with Gasteiger partial charge in [-0.2, -0.15) is 0 Å². The predicted molar refractivity (Wildman–Crippen MR) is 132 cm³/mol. The van der Waals surface area contributed by atoms with Crippen LogP contribution in [0.5, 0.6) is 5.75 Å². The highest BCUT2D eigenvalue weighted by atomic mass is 32.2. The number of rotatable bonds is 8. The monoisotopic (exact) mass is 505 g/mol. The van der Waals surface area contributed by atoms with Crippen molar-refractivity contribution in [2.45, 2.75) is 39.3 Å². The summed E-state index contributed by atoms with van der Waals surface area (Å²) < 4.78 is 28.3. The van der Waals surface area contributed by atoms with Crippen LogP contribution in [0.25, 0.3) is 0 Å². The van der Waals surface area contributed by atoms with E-state index in [-0.39, 0.29) is 44.9 Å². The molecule has 4 N–H and O–H groups in total. The average molecular weight is 506 g/mol. The second kappa shape index (κ2) is 10.3. The molecule has 1 aliphatic rings. The number of amides is 1. The van der Waals surface area contributed by atoms with Crippen LogP contribution in [-0.4, -0.2) is 50.3 Å². The molecule has 0 bridgehead atoms. The summed E-state index contributed by atoms with van der Waals surface area (Å²) in [5.41, 5.74) is -1.29. The Morgan fingerprint density at radius 1 is 1.34 bits per heavy atom. The van der Waals surface area contributed by atoms with E-state index in [0.29, 0.717) is 24.4 Å². The maximum Gasteiger partial charge on any atom is 0.275 e. The summed E-state index contributed by atoms with van der Waals surface area (Å²) >= 11 is 0.614. The number of carbonyl (C=O) groups excluding carboxylic acids is 1. The van der Waals surface area contributed by atoms with Crippen LogP contribution < -0.4 is 10.7 Å². The van der Waals surface area contributed by atoms with Crippen LogP contribution in [0.15, 0.2) is 29.2 Å². The fraction of sp³-hybridized carbons (Fsp3) is 0.417. The van der Waals surface area contributed by atoms with E-state index in [4.69, 9.17) is 10.8 Å². The molecule has 1 aromatic carbocycles. The summed E-state index contributed by atoms with van der Waals surface area (Å²) in [6.07, 6.45) is 2.72. The molecule has 0 aliphatic heterocycles. The molecule has 1 fully saturated rings. The summed E-state index contributed by atoms with van der Waals surface area (Å²) in [5, 5.41) is 29.7. The van der Waals surface area contributed by atoms with Crippen molar-refractivity contribution in [2.24, 2.45) is 12.5 Å². The molecule has 11 heteroatoms. The third-order valence-electron chi connectivity index (χ3n) is 6.28. The number of benzene rings is 1. The second-order valence-electron chi connectivity index (χ2n) is 8.88. The molecular weight excluding hydrogens is 476 g/mol. The number of nitrogens with zero attached hydrogens (tertiary/aromatic N) is 2. The fourth-order valence-corrected chi connectivity index (χ4v) is 4.85. The first-order chi connectivity index (χ1) is 16.4.